The third-order valence-corrected chi connectivity index (χ3v) is 4.85. The van der Waals surface area contributed by atoms with Crippen molar-refractivity contribution < 1.29 is 4.79 Å². The molecule has 0 radical (unpaired) electrons. The molecule has 1 saturated heterocycles. The van der Waals surface area contributed by atoms with Crippen molar-refractivity contribution in [1.29, 1.82) is 0 Å². The van der Waals surface area contributed by atoms with Crippen molar-refractivity contribution in [1.82, 2.24) is 15.2 Å². The molecule has 1 amide bonds. The molecular formula is C19H22ClN3O. The molecule has 1 fully saturated rings. The molecule has 0 spiro atoms. The lowest BCUT2D eigenvalue weighted by Gasteiger charge is -2.31. The molecule has 24 heavy (non-hydrogen) atoms. The second kappa shape index (κ2) is 8.27. The molecule has 0 atom stereocenters. The summed E-state index contributed by atoms with van der Waals surface area (Å²) in [6.45, 7) is 3.20. The summed E-state index contributed by atoms with van der Waals surface area (Å²) in [7, 11) is 0. The molecule has 1 aromatic heterocycles. The van der Waals surface area contributed by atoms with E-state index in [1.54, 1.807) is 6.20 Å². The summed E-state index contributed by atoms with van der Waals surface area (Å²) in [6, 6.07) is 13.7. The number of rotatable bonds is 5. The van der Waals surface area contributed by atoms with Crippen molar-refractivity contribution in [2.24, 2.45) is 5.92 Å². The van der Waals surface area contributed by atoms with Crippen LogP contribution in [0, 0.1) is 5.92 Å². The Kier molecular flexibility index (Phi) is 5.83. The molecule has 0 saturated carbocycles. The van der Waals surface area contributed by atoms with Crippen LogP contribution in [-0.4, -0.2) is 28.9 Å². The minimum atomic E-state index is 0.0937. The van der Waals surface area contributed by atoms with Crippen molar-refractivity contribution in [3.63, 3.8) is 0 Å². The summed E-state index contributed by atoms with van der Waals surface area (Å²) < 4.78 is 0. The van der Waals surface area contributed by atoms with Crippen LogP contribution in [0.5, 0.6) is 0 Å². The number of hydrogen-bond acceptors (Lipinski definition) is 3. The van der Waals surface area contributed by atoms with Gasteiger partial charge in [-0.15, -0.1) is 0 Å². The monoisotopic (exact) mass is 343 g/mol. The van der Waals surface area contributed by atoms with Crippen LogP contribution in [-0.2, 0) is 17.9 Å². The number of halogens is 1. The Labute approximate surface area is 147 Å². The minimum Gasteiger partial charge on any atom is -0.350 e. The Bertz CT molecular complexity index is 669. The van der Waals surface area contributed by atoms with Crippen molar-refractivity contribution in [2.45, 2.75) is 25.9 Å². The van der Waals surface area contributed by atoms with Crippen LogP contribution in [0.25, 0.3) is 0 Å². The molecule has 3 rings (SSSR count). The number of nitrogens with zero attached hydrogens (tertiary/aromatic N) is 2. The van der Waals surface area contributed by atoms with E-state index in [0.29, 0.717) is 6.54 Å². The van der Waals surface area contributed by atoms with Crippen molar-refractivity contribution >= 4 is 17.5 Å². The predicted molar refractivity (Wildman–Crippen MR) is 95.5 cm³/mol. The molecule has 1 aliphatic heterocycles. The lowest BCUT2D eigenvalue weighted by molar-refractivity contribution is -0.126. The van der Waals surface area contributed by atoms with Gasteiger partial charge in [0, 0.05) is 23.7 Å². The Morgan fingerprint density at radius 1 is 1.17 bits per heavy atom. The Hall–Kier alpha value is -1.91. The molecule has 0 unspecified atom stereocenters. The smallest absolute Gasteiger partial charge is 0.223 e. The van der Waals surface area contributed by atoms with Gasteiger partial charge in [-0.05, 0) is 49.7 Å². The Morgan fingerprint density at radius 3 is 2.62 bits per heavy atom. The van der Waals surface area contributed by atoms with Gasteiger partial charge < -0.3 is 5.32 Å². The van der Waals surface area contributed by atoms with Crippen LogP contribution in [0.4, 0.5) is 0 Å². The molecule has 5 heteroatoms. The topological polar surface area (TPSA) is 45.2 Å². The average molecular weight is 344 g/mol. The zero-order chi connectivity index (χ0) is 16.8. The lowest BCUT2D eigenvalue weighted by Crippen LogP contribution is -2.40. The zero-order valence-corrected chi connectivity index (χ0v) is 14.4. The number of pyridine rings is 1. The van der Waals surface area contributed by atoms with E-state index in [0.717, 1.165) is 48.8 Å². The van der Waals surface area contributed by atoms with E-state index < -0.39 is 0 Å². The summed E-state index contributed by atoms with van der Waals surface area (Å²) in [5.74, 6) is 0.231. The Balaban J connectivity index is 1.44. The third kappa shape index (κ3) is 4.56. The number of carbonyl (C=O) groups is 1. The second-order valence-electron chi connectivity index (χ2n) is 6.18. The van der Waals surface area contributed by atoms with Gasteiger partial charge in [-0.1, -0.05) is 35.9 Å². The van der Waals surface area contributed by atoms with Gasteiger partial charge in [0.1, 0.15) is 0 Å². The van der Waals surface area contributed by atoms with Crippen molar-refractivity contribution in [3.05, 3.63) is 64.9 Å². The fraction of sp³-hybridized carbons (Fsp3) is 0.368. The number of carbonyl (C=O) groups excluding carboxylic acids is 1. The zero-order valence-electron chi connectivity index (χ0n) is 13.6. The molecule has 126 valence electrons. The van der Waals surface area contributed by atoms with Crippen LogP contribution in [0.15, 0.2) is 48.7 Å². The minimum absolute atomic E-state index is 0.0937. The van der Waals surface area contributed by atoms with Crippen LogP contribution in [0.1, 0.15) is 24.1 Å². The molecule has 2 heterocycles. The Morgan fingerprint density at radius 2 is 1.92 bits per heavy atom. The van der Waals surface area contributed by atoms with E-state index in [2.05, 4.69) is 21.3 Å². The van der Waals surface area contributed by atoms with E-state index in [1.165, 1.54) is 0 Å². The van der Waals surface area contributed by atoms with Gasteiger partial charge in [-0.3, -0.25) is 14.7 Å². The first-order chi connectivity index (χ1) is 11.7. The summed E-state index contributed by atoms with van der Waals surface area (Å²) >= 11 is 6.23. The number of hydrogen-bond donors (Lipinski definition) is 1. The highest BCUT2D eigenvalue weighted by Gasteiger charge is 2.25. The highest BCUT2D eigenvalue weighted by molar-refractivity contribution is 6.31. The highest BCUT2D eigenvalue weighted by Crippen LogP contribution is 2.22. The van der Waals surface area contributed by atoms with E-state index >= 15 is 0 Å². The summed E-state index contributed by atoms with van der Waals surface area (Å²) in [5, 5.41) is 3.81. The maximum absolute atomic E-state index is 12.3. The first-order valence-corrected chi connectivity index (χ1v) is 8.73. The summed E-state index contributed by atoms with van der Waals surface area (Å²) in [4.78, 5) is 18.9. The predicted octanol–water partition coefficient (Wildman–Crippen LogP) is 3.26. The summed E-state index contributed by atoms with van der Waals surface area (Å²) in [6.07, 6.45) is 3.52. The maximum Gasteiger partial charge on any atom is 0.223 e. The number of aromatic nitrogens is 1. The van der Waals surface area contributed by atoms with Gasteiger partial charge in [-0.2, -0.15) is 0 Å². The summed E-state index contributed by atoms with van der Waals surface area (Å²) in [5.41, 5.74) is 2.04. The molecular weight excluding hydrogens is 322 g/mol. The number of amides is 1. The van der Waals surface area contributed by atoms with E-state index in [1.807, 2.05) is 36.4 Å². The molecule has 0 bridgehead atoms. The number of piperidine rings is 1. The van der Waals surface area contributed by atoms with Crippen molar-refractivity contribution in [2.75, 3.05) is 13.1 Å². The molecule has 1 aromatic carbocycles. The van der Waals surface area contributed by atoms with Gasteiger partial charge in [-0.25, -0.2) is 0 Å². The van der Waals surface area contributed by atoms with Crippen LogP contribution < -0.4 is 5.32 Å². The van der Waals surface area contributed by atoms with Crippen LogP contribution in [0.2, 0.25) is 5.02 Å². The van der Waals surface area contributed by atoms with Gasteiger partial charge in [0.05, 0.1) is 12.2 Å². The third-order valence-electron chi connectivity index (χ3n) is 4.48. The van der Waals surface area contributed by atoms with Crippen LogP contribution in [0.3, 0.4) is 0 Å². The van der Waals surface area contributed by atoms with E-state index in [-0.39, 0.29) is 11.8 Å². The second-order valence-corrected chi connectivity index (χ2v) is 6.59. The highest BCUT2D eigenvalue weighted by atomic mass is 35.5. The fourth-order valence-corrected chi connectivity index (χ4v) is 3.24. The quantitative estimate of drug-likeness (QED) is 0.906. The lowest BCUT2D eigenvalue weighted by atomic mass is 9.95. The van der Waals surface area contributed by atoms with Gasteiger partial charge in [0.2, 0.25) is 5.91 Å². The fourth-order valence-electron chi connectivity index (χ4n) is 3.05. The number of likely N-dealkylation sites (tertiary alicyclic amines) is 1. The van der Waals surface area contributed by atoms with Gasteiger partial charge in [0.25, 0.3) is 0 Å². The first kappa shape index (κ1) is 16.9. The standard InChI is InChI=1S/C19H22ClN3O/c20-18-7-2-1-5-16(18)14-23-11-8-15(9-12-23)19(24)22-13-17-6-3-4-10-21-17/h1-7,10,15H,8-9,11-14H2,(H,22,24). The number of benzene rings is 1. The molecule has 2 aromatic rings. The van der Waals surface area contributed by atoms with E-state index in [9.17, 15) is 4.79 Å². The van der Waals surface area contributed by atoms with Crippen LogP contribution >= 0.6 is 11.6 Å². The molecule has 0 aliphatic carbocycles. The molecule has 1 aliphatic rings. The molecule has 4 nitrogen and oxygen atoms in total. The normalized spacial score (nSPS) is 16.0. The number of nitrogens with one attached hydrogen (secondary N) is 1. The first-order valence-electron chi connectivity index (χ1n) is 8.36. The van der Waals surface area contributed by atoms with E-state index in [4.69, 9.17) is 11.6 Å². The average Bonchev–Trinajstić information content (AvgIpc) is 2.63. The van der Waals surface area contributed by atoms with Crippen molar-refractivity contribution in [3.8, 4) is 0 Å². The maximum atomic E-state index is 12.3. The van der Waals surface area contributed by atoms with Gasteiger partial charge in [0.15, 0.2) is 0 Å². The SMILES string of the molecule is O=C(NCc1ccccn1)C1CCN(Cc2ccccc2Cl)CC1. The van der Waals surface area contributed by atoms with Gasteiger partial charge >= 0.3 is 0 Å². The molecule has 1 N–H and O–H groups in total. The largest absolute Gasteiger partial charge is 0.350 e.